The van der Waals surface area contributed by atoms with Gasteiger partial charge in [0.1, 0.15) is 11.6 Å². The number of aromatic amines is 1. The van der Waals surface area contributed by atoms with Crippen molar-refractivity contribution in [2.24, 2.45) is 5.41 Å². The fourth-order valence-corrected chi connectivity index (χ4v) is 4.12. The number of nitrogens with one attached hydrogen (secondary N) is 1. The minimum Gasteiger partial charge on any atom is -0.370 e. The van der Waals surface area contributed by atoms with Crippen molar-refractivity contribution in [1.29, 1.82) is 5.26 Å². The van der Waals surface area contributed by atoms with Gasteiger partial charge >= 0.3 is 0 Å². The van der Waals surface area contributed by atoms with Crippen LogP contribution in [0.4, 0.5) is 5.69 Å². The maximum atomic E-state index is 12.3. The van der Waals surface area contributed by atoms with Crippen molar-refractivity contribution in [2.45, 2.75) is 32.1 Å². The summed E-state index contributed by atoms with van der Waals surface area (Å²) in [5.74, 6) is 0. The van der Waals surface area contributed by atoms with E-state index in [1.54, 1.807) is 12.3 Å². The number of nitriles is 1. The van der Waals surface area contributed by atoms with Crippen molar-refractivity contribution in [2.75, 3.05) is 18.0 Å². The minimum atomic E-state index is -0.336. The second-order valence-corrected chi connectivity index (χ2v) is 6.99. The number of nitrogens with zero attached hydrogens (tertiary/aromatic N) is 3. The van der Waals surface area contributed by atoms with E-state index in [1.807, 2.05) is 6.07 Å². The summed E-state index contributed by atoms with van der Waals surface area (Å²) in [4.78, 5) is 21.6. The van der Waals surface area contributed by atoms with Gasteiger partial charge in [-0.05, 0) is 43.2 Å². The molecule has 5 heteroatoms. The number of H-pyrrole nitrogens is 1. The number of fused-ring (bicyclic) bond motifs is 1. The molecule has 2 aromatic heterocycles. The van der Waals surface area contributed by atoms with Crippen LogP contribution in [0.2, 0.25) is 0 Å². The van der Waals surface area contributed by atoms with E-state index >= 15 is 0 Å². The molecule has 1 saturated carbocycles. The first kappa shape index (κ1) is 14.9. The van der Waals surface area contributed by atoms with Crippen LogP contribution < -0.4 is 10.5 Å². The van der Waals surface area contributed by atoms with Gasteiger partial charge in [0.2, 0.25) is 0 Å². The summed E-state index contributed by atoms with van der Waals surface area (Å²) in [6.45, 7) is 5.57. The molecule has 1 aliphatic carbocycles. The largest absolute Gasteiger partial charge is 0.370 e. The van der Waals surface area contributed by atoms with Crippen LogP contribution >= 0.6 is 0 Å². The molecular formula is C19H20N4O. The van der Waals surface area contributed by atoms with Crippen LogP contribution in [0.1, 0.15) is 43.4 Å². The lowest BCUT2D eigenvalue weighted by Gasteiger charge is -2.48. The third-order valence-corrected chi connectivity index (χ3v) is 5.77. The lowest BCUT2D eigenvalue weighted by atomic mass is 9.63. The van der Waals surface area contributed by atoms with E-state index in [0.717, 1.165) is 42.7 Å². The van der Waals surface area contributed by atoms with Gasteiger partial charge in [-0.25, -0.2) is 0 Å². The van der Waals surface area contributed by atoms with Crippen LogP contribution in [0, 0.1) is 16.7 Å². The number of pyridine rings is 2. The van der Waals surface area contributed by atoms with Gasteiger partial charge in [-0.2, -0.15) is 5.26 Å². The predicted molar refractivity (Wildman–Crippen MR) is 94.9 cm³/mol. The smallest absolute Gasteiger partial charge is 0.268 e. The molecule has 2 aromatic rings. The average molecular weight is 320 g/mol. The van der Waals surface area contributed by atoms with Crippen LogP contribution in [0.3, 0.4) is 0 Å². The van der Waals surface area contributed by atoms with E-state index in [-0.39, 0.29) is 11.1 Å². The molecule has 0 aromatic carbocycles. The summed E-state index contributed by atoms with van der Waals surface area (Å²) < 4.78 is 0. The van der Waals surface area contributed by atoms with E-state index in [2.05, 4.69) is 27.5 Å². The summed E-state index contributed by atoms with van der Waals surface area (Å²) >= 11 is 0. The highest BCUT2D eigenvalue weighted by atomic mass is 16.1. The number of piperidine rings is 1. The second kappa shape index (κ2) is 5.48. The number of hydrogen-bond acceptors (Lipinski definition) is 4. The lowest BCUT2D eigenvalue weighted by Crippen LogP contribution is -2.44. The molecule has 1 saturated heterocycles. The standard InChI is InChI=1S/C19H20N4O/c1-2-13-10-14-16(12-21-13)22-18(24)15(11-20)17(14)23-8-6-19(7-9-23)4-3-5-19/h2,10,12H,1,3-9H2,(H,22,24). The number of rotatable bonds is 2. The highest BCUT2D eigenvalue weighted by Crippen LogP contribution is 2.49. The second-order valence-electron chi connectivity index (χ2n) is 6.99. The number of hydrogen-bond donors (Lipinski definition) is 1. The quantitative estimate of drug-likeness (QED) is 0.922. The molecular weight excluding hydrogens is 300 g/mol. The predicted octanol–water partition coefficient (Wildman–Crippen LogP) is 3.21. The third-order valence-electron chi connectivity index (χ3n) is 5.77. The first-order valence-corrected chi connectivity index (χ1v) is 8.49. The normalized spacial score (nSPS) is 19.0. The van der Waals surface area contributed by atoms with Gasteiger partial charge in [0.15, 0.2) is 0 Å². The van der Waals surface area contributed by atoms with Crippen molar-refractivity contribution in [3.63, 3.8) is 0 Å². The summed E-state index contributed by atoms with van der Waals surface area (Å²) in [6.07, 6.45) is 9.61. The van der Waals surface area contributed by atoms with Crippen LogP contribution in [-0.2, 0) is 0 Å². The van der Waals surface area contributed by atoms with Gasteiger partial charge in [0, 0.05) is 18.5 Å². The van der Waals surface area contributed by atoms with Gasteiger partial charge in [-0.1, -0.05) is 13.0 Å². The first-order valence-electron chi connectivity index (χ1n) is 8.49. The molecule has 0 radical (unpaired) electrons. The molecule has 4 rings (SSSR count). The SMILES string of the molecule is C=Cc1cc2c(N3CCC4(CCC4)CC3)c(C#N)c(=O)[nH]c2cn1. The van der Waals surface area contributed by atoms with E-state index in [1.165, 1.54) is 19.3 Å². The molecule has 1 N–H and O–H groups in total. The van der Waals surface area contributed by atoms with E-state index in [0.29, 0.717) is 10.9 Å². The Morgan fingerprint density at radius 1 is 1.33 bits per heavy atom. The van der Waals surface area contributed by atoms with Gasteiger partial charge < -0.3 is 9.88 Å². The number of anilines is 1. The van der Waals surface area contributed by atoms with Crippen LogP contribution in [-0.4, -0.2) is 23.1 Å². The third kappa shape index (κ3) is 2.22. The fourth-order valence-electron chi connectivity index (χ4n) is 4.12. The molecule has 0 amide bonds. The van der Waals surface area contributed by atoms with Crippen LogP contribution in [0.5, 0.6) is 0 Å². The highest BCUT2D eigenvalue weighted by Gasteiger charge is 2.40. The minimum absolute atomic E-state index is 0.202. The fraction of sp³-hybridized carbons (Fsp3) is 0.421. The van der Waals surface area contributed by atoms with Gasteiger partial charge in [0.05, 0.1) is 23.1 Å². The molecule has 0 bridgehead atoms. The monoisotopic (exact) mass is 320 g/mol. The van der Waals surface area contributed by atoms with Gasteiger partial charge in [-0.3, -0.25) is 9.78 Å². The molecule has 1 aliphatic heterocycles. The summed E-state index contributed by atoms with van der Waals surface area (Å²) in [5, 5.41) is 10.4. The Bertz CT molecular complexity index is 907. The molecule has 0 atom stereocenters. The molecule has 2 aliphatic rings. The Morgan fingerprint density at radius 2 is 2.08 bits per heavy atom. The Morgan fingerprint density at radius 3 is 2.67 bits per heavy atom. The zero-order chi connectivity index (χ0) is 16.7. The summed E-state index contributed by atoms with van der Waals surface area (Å²) in [7, 11) is 0. The van der Waals surface area contributed by atoms with Crippen molar-refractivity contribution in [3.8, 4) is 6.07 Å². The Kier molecular flexibility index (Phi) is 3.42. The highest BCUT2D eigenvalue weighted by molar-refractivity contribution is 5.95. The maximum Gasteiger partial charge on any atom is 0.268 e. The average Bonchev–Trinajstić information content (AvgIpc) is 2.59. The molecule has 2 fully saturated rings. The molecule has 1 spiro atoms. The van der Waals surface area contributed by atoms with Crippen LogP contribution in [0.25, 0.3) is 17.0 Å². The lowest BCUT2D eigenvalue weighted by molar-refractivity contribution is 0.0956. The summed E-state index contributed by atoms with van der Waals surface area (Å²) in [6, 6.07) is 4.01. The van der Waals surface area contributed by atoms with Crippen molar-refractivity contribution in [3.05, 3.63) is 40.5 Å². The van der Waals surface area contributed by atoms with Crippen molar-refractivity contribution < 1.29 is 0 Å². The van der Waals surface area contributed by atoms with E-state index in [9.17, 15) is 10.1 Å². The zero-order valence-electron chi connectivity index (χ0n) is 13.6. The Labute approximate surface area is 140 Å². The van der Waals surface area contributed by atoms with Crippen LogP contribution in [0.15, 0.2) is 23.6 Å². The molecule has 5 nitrogen and oxygen atoms in total. The number of aromatic nitrogens is 2. The van der Waals surface area contributed by atoms with Crippen molar-refractivity contribution >= 4 is 22.7 Å². The van der Waals surface area contributed by atoms with E-state index in [4.69, 9.17) is 0 Å². The molecule has 24 heavy (non-hydrogen) atoms. The zero-order valence-corrected chi connectivity index (χ0v) is 13.6. The Hall–Kier alpha value is -2.61. The first-order chi connectivity index (χ1) is 11.7. The Balaban J connectivity index is 1.84. The molecule has 0 unspecified atom stereocenters. The summed E-state index contributed by atoms with van der Waals surface area (Å²) in [5.41, 5.74) is 2.56. The maximum absolute atomic E-state index is 12.3. The molecule has 122 valence electrons. The van der Waals surface area contributed by atoms with Crippen molar-refractivity contribution in [1.82, 2.24) is 9.97 Å². The van der Waals surface area contributed by atoms with Gasteiger partial charge in [-0.15, -0.1) is 0 Å². The molecule has 3 heterocycles. The van der Waals surface area contributed by atoms with E-state index < -0.39 is 0 Å². The topological polar surface area (TPSA) is 72.8 Å². The van der Waals surface area contributed by atoms with Gasteiger partial charge in [0.25, 0.3) is 5.56 Å².